The summed E-state index contributed by atoms with van der Waals surface area (Å²) in [5.41, 5.74) is 5.13. The van der Waals surface area contributed by atoms with E-state index in [2.05, 4.69) is 11.9 Å². The molecule has 2 N–H and O–H groups in total. The molecule has 0 aliphatic rings. The Morgan fingerprint density at radius 3 is 2.12 bits per heavy atom. The maximum atomic E-state index is 10.3. The van der Waals surface area contributed by atoms with E-state index in [1.54, 1.807) is 12.1 Å². The lowest BCUT2D eigenvalue weighted by molar-refractivity contribution is 0.215. The molecule has 17 heavy (non-hydrogen) atoms. The lowest BCUT2D eigenvalue weighted by Crippen LogP contribution is -2.01. The molecule has 1 aromatic carbocycles. The first-order valence-electron chi connectivity index (χ1n) is 5.60. The fourth-order valence-electron chi connectivity index (χ4n) is 1.96. The average Bonchev–Trinajstić information content (AvgIpc) is 2.57. The Balaban J connectivity index is 2.40. The molecule has 2 nitrogen and oxygen atoms in total. The van der Waals surface area contributed by atoms with Gasteiger partial charge in [-0.3, -0.25) is 0 Å². The largest absolute Gasteiger partial charge is 0.382 e. The van der Waals surface area contributed by atoms with Crippen LogP contribution in [0.3, 0.4) is 0 Å². The maximum absolute atomic E-state index is 10.3. The van der Waals surface area contributed by atoms with Crippen molar-refractivity contribution in [3.05, 3.63) is 57.4 Å². The predicted octanol–water partition coefficient (Wildman–Crippen LogP) is 3.68. The van der Waals surface area contributed by atoms with Crippen LogP contribution < -0.4 is 0 Å². The molecule has 0 amide bonds. The molecule has 0 bridgehead atoms. The van der Waals surface area contributed by atoms with Crippen molar-refractivity contribution in [3.8, 4) is 0 Å². The molecular weight excluding hydrogens is 234 g/mol. The van der Waals surface area contributed by atoms with Gasteiger partial charge in [0.15, 0.2) is 0 Å². The van der Waals surface area contributed by atoms with Crippen molar-refractivity contribution in [1.82, 2.24) is 4.98 Å². The van der Waals surface area contributed by atoms with Crippen molar-refractivity contribution in [2.75, 3.05) is 0 Å². The van der Waals surface area contributed by atoms with Gasteiger partial charge in [-0.2, -0.15) is 0 Å². The van der Waals surface area contributed by atoms with Crippen molar-refractivity contribution < 1.29 is 5.11 Å². The average molecular weight is 250 g/mol. The second-order valence-electron chi connectivity index (χ2n) is 4.37. The van der Waals surface area contributed by atoms with Crippen LogP contribution in [0.15, 0.2) is 24.3 Å². The molecule has 1 atom stereocenters. The predicted molar refractivity (Wildman–Crippen MR) is 70.5 cm³/mol. The summed E-state index contributed by atoms with van der Waals surface area (Å²) in [4.78, 5) is 3.24. The number of halogens is 1. The van der Waals surface area contributed by atoms with Crippen molar-refractivity contribution in [1.29, 1.82) is 0 Å². The summed E-state index contributed by atoms with van der Waals surface area (Å²) in [6.45, 7) is 6.09. The number of aliphatic hydroxyl groups is 1. The number of aromatic amines is 1. The molecular formula is C14H16ClNO. The van der Waals surface area contributed by atoms with E-state index in [1.165, 1.54) is 5.56 Å². The molecule has 0 radical (unpaired) electrons. The third-order valence-corrected chi connectivity index (χ3v) is 3.56. The first-order chi connectivity index (χ1) is 8.00. The fraction of sp³-hybridized carbons (Fsp3) is 0.286. The highest BCUT2D eigenvalue weighted by molar-refractivity contribution is 6.30. The number of aromatic nitrogens is 1. The minimum Gasteiger partial charge on any atom is -0.382 e. The molecule has 2 rings (SSSR count). The zero-order chi connectivity index (χ0) is 12.6. The monoisotopic (exact) mass is 249 g/mol. The van der Waals surface area contributed by atoms with Crippen LogP contribution in [0.4, 0.5) is 0 Å². The Kier molecular flexibility index (Phi) is 3.27. The van der Waals surface area contributed by atoms with E-state index in [0.29, 0.717) is 5.02 Å². The number of hydrogen-bond donors (Lipinski definition) is 2. The Morgan fingerprint density at radius 2 is 1.65 bits per heavy atom. The molecule has 0 aliphatic carbocycles. The van der Waals surface area contributed by atoms with Gasteiger partial charge < -0.3 is 10.1 Å². The second-order valence-corrected chi connectivity index (χ2v) is 4.80. The SMILES string of the molecule is Cc1[nH]c(C(O)c2ccc(Cl)cc2)c(C)c1C. The number of aryl methyl sites for hydroxylation is 1. The van der Waals surface area contributed by atoms with E-state index in [9.17, 15) is 5.11 Å². The van der Waals surface area contributed by atoms with E-state index in [-0.39, 0.29) is 0 Å². The fourth-order valence-corrected chi connectivity index (χ4v) is 2.08. The van der Waals surface area contributed by atoms with Crippen LogP contribution in [0.25, 0.3) is 0 Å². The van der Waals surface area contributed by atoms with Gasteiger partial charge in [0, 0.05) is 10.7 Å². The smallest absolute Gasteiger partial charge is 0.119 e. The maximum Gasteiger partial charge on any atom is 0.119 e. The van der Waals surface area contributed by atoms with Gasteiger partial charge in [-0.15, -0.1) is 0 Å². The Labute approximate surface area is 106 Å². The standard InChI is InChI=1S/C14H16ClNO/c1-8-9(2)13(16-10(8)3)14(17)11-4-6-12(15)7-5-11/h4-7,14,16-17H,1-3H3. The van der Waals surface area contributed by atoms with E-state index in [4.69, 9.17) is 11.6 Å². The first-order valence-corrected chi connectivity index (χ1v) is 5.97. The summed E-state index contributed by atoms with van der Waals surface area (Å²) >= 11 is 5.83. The Bertz CT molecular complexity index is 528. The van der Waals surface area contributed by atoms with Crippen molar-refractivity contribution >= 4 is 11.6 Å². The Hall–Kier alpha value is -1.25. The lowest BCUT2D eigenvalue weighted by Gasteiger charge is -2.11. The highest BCUT2D eigenvalue weighted by Crippen LogP contribution is 2.27. The van der Waals surface area contributed by atoms with Gasteiger partial charge in [0.05, 0.1) is 5.69 Å². The van der Waals surface area contributed by atoms with E-state index >= 15 is 0 Å². The minimum atomic E-state index is -0.625. The van der Waals surface area contributed by atoms with E-state index in [1.807, 2.05) is 26.0 Å². The molecule has 0 saturated heterocycles. The number of hydrogen-bond acceptors (Lipinski definition) is 1. The summed E-state index contributed by atoms with van der Waals surface area (Å²) in [5.74, 6) is 0. The third-order valence-electron chi connectivity index (χ3n) is 3.31. The lowest BCUT2D eigenvalue weighted by atomic mass is 10.0. The normalized spacial score (nSPS) is 12.8. The molecule has 0 fully saturated rings. The number of benzene rings is 1. The van der Waals surface area contributed by atoms with Crippen LogP contribution in [0.5, 0.6) is 0 Å². The van der Waals surface area contributed by atoms with Gasteiger partial charge in [0.25, 0.3) is 0 Å². The minimum absolute atomic E-state index is 0.625. The first kappa shape index (κ1) is 12.2. The zero-order valence-electron chi connectivity index (χ0n) is 10.2. The van der Waals surface area contributed by atoms with Crippen LogP contribution in [0, 0.1) is 20.8 Å². The van der Waals surface area contributed by atoms with Crippen LogP contribution >= 0.6 is 11.6 Å². The molecule has 0 saturated carbocycles. The van der Waals surface area contributed by atoms with Crippen molar-refractivity contribution in [2.24, 2.45) is 0 Å². The molecule has 0 aliphatic heterocycles. The third kappa shape index (κ3) is 2.24. The van der Waals surface area contributed by atoms with E-state index in [0.717, 1.165) is 22.5 Å². The summed E-state index contributed by atoms with van der Waals surface area (Å²) in [6.07, 6.45) is -0.625. The molecule has 1 unspecified atom stereocenters. The van der Waals surface area contributed by atoms with Crippen molar-refractivity contribution in [2.45, 2.75) is 26.9 Å². The second kappa shape index (κ2) is 4.55. The zero-order valence-corrected chi connectivity index (χ0v) is 11.0. The topological polar surface area (TPSA) is 36.0 Å². The van der Waals surface area contributed by atoms with Gasteiger partial charge in [-0.25, -0.2) is 0 Å². The van der Waals surface area contributed by atoms with Gasteiger partial charge in [0.1, 0.15) is 6.10 Å². The summed E-state index contributed by atoms with van der Waals surface area (Å²) in [5, 5.41) is 11.0. The van der Waals surface area contributed by atoms with Crippen LogP contribution in [0.2, 0.25) is 5.02 Å². The van der Waals surface area contributed by atoms with Gasteiger partial charge >= 0.3 is 0 Å². The molecule has 90 valence electrons. The molecule has 1 aromatic heterocycles. The van der Waals surface area contributed by atoms with Gasteiger partial charge in [0.2, 0.25) is 0 Å². The van der Waals surface area contributed by atoms with Gasteiger partial charge in [-0.1, -0.05) is 23.7 Å². The molecule has 2 aromatic rings. The highest BCUT2D eigenvalue weighted by Gasteiger charge is 2.17. The van der Waals surface area contributed by atoms with Crippen LogP contribution in [0.1, 0.15) is 34.2 Å². The van der Waals surface area contributed by atoms with E-state index < -0.39 is 6.10 Å². The van der Waals surface area contributed by atoms with Gasteiger partial charge in [-0.05, 0) is 49.6 Å². The molecule has 0 spiro atoms. The number of aliphatic hydroxyl groups excluding tert-OH is 1. The number of H-pyrrole nitrogens is 1. The van der Waals surface area contributed by atoms with Crippen LogP contribution in [-0.2, 0) is 0 Å². The molecule has 3 heteroatoms. The van der Waals surface area contributed by atoms with Crippen molar-refractivity contribution in [3.63, 3.8) is 0 Å². The molecule has 1 heterocycles. The number of nitrogens with one attached hydrogen (secondary N) is 1. The number of rotatable bonds is 2. The summed E-state index contributed by atoms with van der Waals surface area (Å²) in [7, 11) is 0. The highest BCUT2D eigenvalue weighted by atomic mass is 35.5. The summed E-state index contributed by atoms with van der Waals surface area (Å²) < 4.78 is 0. The Morgan fingerprint density at radius 1 is 1.06 bits per heavy atom. The summed E-state index contributed by atoms with van der Waals surface area (Å²) in [6, 6.07) is 7.27. The quantitative estimate of drug-likeness (QED) is 0.837. The van der Waals surface area contributed by atoms with Crippen LogP contribution in [-0.4, -0.2) is 10.1 Å².